The Morgan fingerprint density at radius 2 is 1.78 bits per heavy atom. The highest BCUT2D eigenvalue weighted by atomic mass is 35.5. The van der Waals surface area contributed by atoms with Crippen molar-refractivity contribution in [2.45, 2.75) is 13.3 Å². The lowest BCUT2D eigenvalue weighted by Gasteiger charge is -2.10. The van der Waals surface area contributed by atoms with Crippen molar-refractivity contribution in [3.05, 3.63) is 75.9 Å². The molecule has 32 heavy (non-hydrogen) atoms. The van der Waals surface area contributed by atoms with Crippen LogP contribution < -0.4 is 10.0 Å². The highest BCUT2D eigenvalue weighted by molar-refractivity contribution is 7.88. The number of carbonyl (C=O) groups excluding carboxylic acids is 1. The van der Waals surface area contributed by atoms with Crippen molar-refractivity contribution in [3.63, 3.8) is 0 Å². The number of nitriles is 1. The topological polar surface area (TPSA) is 117 Å². The SMILES string of the molecule is Cc1ccc(C(=O)c2nn(-c3ccc(Cl)cc3)c(NCCCNS(C)(=O)=O)c2C#N)cc1. The quantitative estimate of drug-likeness (QED) is 0.365. The molecule has 0 amide bonds. The number of sulfonamides is 1. The first-order valence-corrected chi connectivity index (χ1v) is 12.1. The van der Waals surface area contributed by atoms with E-state index in [-0.39, 0.29) is 23.6 Å². The van der Waals surface area contributed by atoms with E-state index in [9.17, 15) is 18.5 Å². The second-order valence-corrected chi connectivity index (χ2v) is 9.48. The van der Waals surface area contributed by atoms with Gasteiger partial charge in [-0.15, -0.1) is 0 Å². The number of nitrogens with one attached hydrogen (secondary N) is 2. The molecule has 1 heterocycles. The monoisotopic (exact) mass is 471 g/mol. The third kappa shape index (κ3) is 5.73. The average molecular weight is 472 g/mol. The predicted octanol–water partition coefficient (Wildman–Crippen LogP) is 3.29. The number of hydrogen-bond acceptors (Lipinski definition) is 6. The molecule has 0 fully saturated rings. The van der Waals surface area contributed by atoms with Gasteiger partial charge in [0, 0.05) is 23.7 Å². The largest absolute Gasteiger partial charge is 0.369 e. The molecule has 0 spiro atoms. The Balaban J connectivity index is 1.97. The van der Waals surface area contributed by atoms with Gasteiger partial charge >= 0.3 is 0 Å². The lowest BCUT2D eigenvalue weighted by molar-refractivity contribution is 0.103. The molecule has 3 rings (SSSR count). The van der Waals surface area contributed by atoms with Crippen LogP contribution >= 0.6 is 11.6 Å². The molecule has 2 aromatic carbocycles. The second kappa shape index (κ2) is 9.96. The van der Waals surface area contributed by atoms with Crippen molar-refractivity contribution in [1.29, 1.82) is 5.26 Å². The van der Waals surface area contributed by atoms with Gasteiger partial charge in [-0.25, -0.2) is 17.8 Å². The van der Waals surface area contributed by atoms with Crippen LogP contribution in [0, 0.1) is 18.3 Å². The molecule has 0 saturated carbocycles. The first-order chi connectivity index (χ1) is 15.2. The molecule has 0 radical (unpaired) electrons. The smallest absolute Gasteiger partial charge is 0.214 e. The third-order valence-corrected chi connectivity index (χ3v) is 5.59. The van der Waals surface area contributed by atoms with Gasteiger partial charge in [0.1, 0.15) is 17.5 Å². The number of aryl methyl sites for hydroxylation is 1. The second-order valence-electron chi connectivity index (χ2n) is 7.21. The zero-order valence-electron chi connectivity index (χ0n) is 17.6. The standard InChI is InChI=1S/C22H22ClN5O3S/c1-15-4-6-16(7-5-15)21(29)20-19(14-24)22(25-12-3-13-26-32(2,30)31)28(27-20)18-10-8-17(23)9-11-18/h4-11,25-26H,3,12-13H2,1-2H3. The van der Waals surface area contributed by atoms with Crippen molar-refractivity contribution in [2.75, 3.05) is 24.7 Å². The van der Waals surface area contributed by atoms with Gasteiger partial charge in [-0.05, 0) is 37.6 Å². The Morgan fingerprint density at radius 3 is 2.38 bits per heavy atom. The zero-order valence-corrected chi connectivity index (χ0v) is 19.2. The maximum absolute atomic E-state index is 13.1. The summed E-state index contributed by atoms with van der Waals surface area (Å²) in [5.41, 5.74) is 2.20. The molecule has 0 bridgehead atoms. The summed E-state index contributed by atoms with van der Waals surface area (Å²) in [7, 11) is -3.28. The van der Waals surface area contributed by atoms with Crippen molar-refractivity contribution in [2.24, 2.45) is 0 Å². The van der Waals surface area contributed by atoms with Crippen molar-refractivity contribution >= 4 is 33.2 Å². The summed E-state index contributed by atoms with van der Waals surface area (Å²) >= 11 is 5.99. The summed E-state index contributed by atoms with van der Waals surface area (Å²) in [6.07, 6.45) is 1.55. The van der Waals surface area contributed by atoms with E-state index in [1.807, 2.05) is 19.1 Å². The van der Waals surface area contributed by atoms with Crippen LogP contribution in [0.4, 0.5) is 5.82 Å². The van der Waals surface area contributed by atoms with E-state index in [0.717, 1.165) is 11.8 Å². The summed E-state index contributed by atoms with van der Waals surface area (Å²) in [6.45, 7) is 2.51. The Labute approximate surface area is 191 Å². The maximum atomic E-state index is 13.1. The normalized spacial score (nSPS) is 11.2. The van der Waals surface area contributed by atoms with Gasteiger partial charge in [0.2, 0.25) is 15.8 Å². The predicted molar refractivity (Wildman–Crippen MR) is 124 cm³/mol. The maximum Gasteiger partial charge on any atom is 0.214 e. The van der Waals surface area contributed by atoms with Crippen LogP contribution in [0.5, 0.6) is 0 Å². The minimum atomic E-state index is -3.28. The van der Waals surface area contributed by atoms with Crippen molar-refractivity contribution < 1.29 is 13.2 Å². The molecule has 0 aliphatic carbocycles. The van der Waals surface area contributed by atoms with Gasteiger partial charge in [-0.3, -0.25) is 4.79 Å². The van der Waals surface area contributed by atoms with E-state index in [4.69, 9.17) is 11.6 Å². The first-order valence-electron chi connectivity index (χ1n) is 9.78. The van der Waals surface area contributed by atoms with E-state index in [1.54, 1.807) is 36.4 Å². The van der Waals surface area contributed by atoms with Gasteiger partial charge in [0.25, 0.3) is 0 Å². The van der Waals surface area contributed by atoms with Gasteiger partial charge in [-0.1, -0.05) is 41.4 Å². The number of rotatable bonds is 9. The first kappa shape index (κ1) is 23.5. The van der Waals surface area contributed by atoms with Crippen LogP contribution in [0.15, 0.2) is 48.5 Å². The summed E-state index contributed by atoms with van der Waals surface area (Å²) in [4.78, 5) is 13.1. The fraction of sp³-hybridized carbons (Fsp3) is 0.227. The molecule has 0 aliphatic rings. The van der Waals surface area contributed by atoms with Crippen LogP contribution in [0.2, 0.25) is 5.02 Å². The number of benzene rings is 2. The molecule has 0 saturated heterocycles. The third-order valence-electron chi connectivity index (χ3n) is 4.61. The molecule has 0 aliphatic heterocycles. The number of halogens is 1. The van der Waals surface area contributed by atoms with Gasteiger partial charge < -0.3 is 5.32 Å². The summed E-state index contributed by atoms with van der Waals surface area (Å²) in [5, 5.41) is 18.0. The van der Waals surface area contributed by atoms with E-state index in [1.165, 1.54) is 4.68 Å². The molecule has 0 atom stereocenters. The van der Waals surface area contributed by atoms with E-state index in [2.05, 4.69) is 21.2 Å². The molecular weight excluding hydrogens is 450 g/mol. The van der Waals surface area contributed by atoms with E-state index >= 15 is 0 Å². The molecular formula is C22H22ClN5O3S. The summed E-state index contributed by atoms with van der Waals surface area (Å²) in [6, 6.07) is 16.0. The Hall–Kier alpha value is -3.19. The van der Waals surface area contributed by atoms with Crippen molar-refractivity contribution in [3.8, 4) is 11.8 Å². The number of ketones is 1. The summed E-state index contributed by atoms with van der Waals surface area (Å²) in [5.74, 6) is -0.0132. The molecule has 2 N–H and O–H groups in total. The van der Waals surface area contributed by atoms with Crippen LogP contribution in [0.3, 0.4) is 0 Å². The van der Waals surface area contributed by atoms with E-state index in [0.29, 0.717) is 35.1 Å². The zero-order chi connectivity index (χ0) is 23.3. The highest BCUT2D eigenvalue weighted by Gasteiger charge is 2.25. The molecule has 8 nitrogen and oxygen atoms in total. The van der Waals surface area contributed by atoms with Crippen LogP contribution in [0.1, 0.15) is 33.6 Å². The Kier molecular flexibility index (Phi) is 7.30. The minimum Gasteiger partial charge on any atom is -0.369 e. The lowest BCUT2D eigenvalue weighted by atomic mass is 10.0. The highest BCUT2D eigenvalue weighted by Crippen LogP contribution is 2.26. The van der Waals surface area contributed by atoms with Crippen LogP contribution in [-0.4, -0.2) is 43.3 Å². The molecule has 3 aromatic rings. The van der Waals surface area contributed by atoms with Gasteiger partial charge in [0.05, 0.1) is 11.9 Å². The summed E-state index contributed by atoms with van der Waals surface area (Å²) < 4.78 is 26.4. The number of aromatic nitrogens is 2. The Morgan fingerprint density at radius 1 is 1.12 bits per heavy atom. The molecule has 1 aromatic heterocycles. The fourth-order valence-corrected chi connectivity index (χ4v) is 3.65. The van der Waals surface area contributed by atoms with Crippen LogP contribution in [-0.2, 0) is 10.0 Å². The number of nitrogens with zero attached hydrogens (tertiary/aromatic N) is 3. The number of carbonyl (C=O) groups is 1. The van der Waals surface area contributed by atoms with Crippen molar-refractivity contribution in [1.82, 2.24) is 14.5 Å². The van der Waals surface area contributed by atoms with Crippen LogP contribution in [0.25, 0.3) is 5.69 Å². The molecule has 0 unspecified atom stereocenters. The van der Waals surface area contributed by atoms with Gasteiger partial charge in [-0.2, -0.15) is 10.4 Å². The fourth-order valence-electron chi connectivity index (χ4n) is 3.01. The van der Waals surface area contributed by atoms with E-state index < -0.39 is 10.0 Å². The molecule has 10 heteroatoms. The number of anilines is 1. The Bertz CT molecular complexity index is 1260. The number of hydrogen-bond donors (Lipinski definition) is 2. The average Bonchev–Trinajstić information content (AvgIpc) is 3.11. The lowest BCUT2D eigenvalue weighted by Crippen LogP contribution is -2.24. The minimum absolute atomic E-state index is 0.0306. The molecule has 166 valence electrons. The van der Waals surface area contributed by atoms with Gasteiger partial charge in [0.15, 0.2) is 5.69 Å².